The molecule has 0 radical (unpaired) electrons. The van der Waals surface area contributed by atoms with Gasteiger partial charge in [0.1, 0.15) is 34.3 Å². The molecule has 0 spiro atoms. The number of aromatic nitrogens is 4. The van der Waals surface area contributed by atoms with Gasteiger partial charge in [-0.1, -0.05) is 38.2 Å². The van der Waals surface area contributed by atoms with Crippen LogP contribution in [0.2, 0.25) is 0 Å². The van der Waals surface area contributed by atoms with Gasteiger partial charge in [-0.15, -0.1) is 0 Å². The molecular formula is C28H33FN6OS. The van der Waals surface area contributed by atoms with Crippen molar-refractivity contribution >= 4 is 32.6 Å². The number of aryl methyl sites for hydroxylation is 1. The van der Waals surface area contributed by atoms with Crippen LogP contribution in [0.25, 0.3) is 21.5 Å². The number of ether oxygens (including phenoxy) is 1. The molecule has 1 atom stereocenters. The van der Waals surface area contributed by atoms with Crippen molar-refractivity contribution in [1.29, 1.82) is 0 Å². The maximum absolute atomic E-state index is 12.8. The number of nitrogens with two attached hydrogens (primary N) is 1. The fraction of sp³-hybridized carbons (Fsp3) is 0.429. The molecule has 1 aliphatic rings. The molecule has 0 saturated heterocycles. The van der Waals surface area contributed by atoms with Crippen molar-refractivity contribution in [2.45, 2.75) is 58.9 Å². The zero-order valence-corrected chi connectivity index (χ0v) is 22.6. The van der Waals surface area contributed by atoms with E-state index in [9.17, 15) is 4.39 Å². The first kappa shape index (κ1) is 25.3. The third-order valence-electron chi connectivity index (χ3n) is 6.86. The topological polar surface area (TPSA) is 90.0 Å². The molecule has 3 aromatic heterocycles. The number of halogens is 1. The summed E-state index contributed by atoms with van der Waals surface area (Å²) in [5, 5.41) is 0.519. The Morgan fingerprint density at radius 2 is 1.97 bits per heavy atom. The molecule has 194 valence electrons. The average molecular weight is 521 g/mol. The Morgan fingerprint density at radius 1 is 1.14 bits per heavy atom. The van der Waals surface area contributed by atoms with Crippen LogP contribution in [0.15, 0.2) is 30.5 Å². The van der Waals surface area contributed by atoms with Gasteiger partial charge in [-0.2, -0.15) is 0 Å². The van der Waals surface area contributed by atoms with E-state index in [0.717, 1.165) is 62.1 Å². The third kappa shape index (κ3) is 5.23. The summed E-state index contributed by atoms with van der Waals surface area (Å²) in [5.41, 5.74) is 11.9. The van der Waals surface area contributed by atoms with Gasteiger partial charge in [0.05, 0.1) is 13.2 Å². The molecule has 2 N–H and O–H groups in total. The summed E-state index contributed by atoms with van der Waals surface area (Å²) in [5.74, 6) is 2.98. The largest absolute Gasteiger partial charge is 0.491 e. The minimum absolute atomic E-state index is 0.0960. The summed E-state index contributed by atoms with van der Waals surface area (Å²) >= 11 is 1.39. The van der Waals surface area contributed by atoms with Crippen molar-refractivity contribution in [3.8, 4) is 16.9 Å². The lowest BCUT2D eigenvalue weighted by atomic mass is 9.99. The van der Waals surface area contributed by atoms with E-state index in [2.05, 4.69) is 54.7 Å². The van der Waals surface area contributed by atoms with Crippen LogP contribution >= 0.6 is 11.3 Å². The number of fused-ring (bicyclic) bond motifs is 2. The van der Waals surface area contributed by atoms with Gasteiger partial charge in [0.2, 0.25) is 0 Å². The first-order valence-electron chi connectivity index (χ1n) is 12.8. The highest BCUT2D eigenvalue weighted by molar-refractivity contribution is 7.21. The Balaban J connectivity index is 1.51. The Kier molecular flexibility index (Phi) is 7.24. The molecule has 4 aromatic rings. The molecular weight excluding hydrogens is 487 g/mol. The number of thiazole rings is 1. The Labute approximate surface area is 220 Å². The highest BCUT2D eigenvalue weighted by Crippen LogP contribution is 2.35. The first-order chi connectivity index (χ1) is 17.8. The van der Waals surface area contributed by atoms with Crippen molar-refractivity contribution in [1.82, 2.24) is 19.9 Å². The van der Waals surface area contributed by atoms with Crippen LogP contribution in [0.5, 0.6) is 5.75 Å². The summed E-state index contributed by atoms with van der Waals surface area (Å²) in [4.78, 5) is 22.0. The molecule has 7 nitrogen and oxygen atoms in total. The number of hydrogen-bond donors (Lipinski definition) is 1. The van der Waals surface area contributed by atoms with Crippen molar-refractivity contribution in [2.75, 3.05) is 30.5 Å². The van der Waals surface area contributed by atoms with E-state index < -0.39 is 0 Å². The van der Waals surface area contributed by atoms with Crippen LogP contribution in [0.1, 0.15) is 68.1 Å². The van der Waals surface area contributed by atoms with E-state index in [0.29, 0.717) is 31.2 Å². The smallest absolute Gasteiger partial charge is 0.182 e. The summed E-state index contributed by atoms with van der Waals surface area (Å²) in [7, 11) is 0. The molecule has 1 aliphatic heterocycles. The quantitative estimate of drug-likeness (QED) is 0.301. The lowest BCUT2D eigenvalue weighted by molar-refractivity contribution is 0.331. The van der Waals surface area contributed by atoms with Gasteiger partial charge in [-0.25, -0.2) is 19.9 Å². The van der Waals surface area contributed by atoms with Crippen LogP contribution in [0.3, 0.4) is 0 Å². The van der Waals surface area contributed by atoms with Gasteiger partial charge >= 0.3 is 0 Å². The van der Waals surface area contributed by atoms with Crippen LogP contribution in [-0.2, 0) is 6.54 Å². The van der Waals surface area contributed by atoms with Gasteiger partial charge in [0, 0.05) is 41.0 Å². The number of benzene rings is 1. The fourth-order valence-corrected chi connectivity index (χ4v) is 5.65. The molecule has 0 aliphatic carbocycles. The zero-order chi connectivity index (χ0) is 26.1. The molecule has 37 heavy (non-hydrogen) atoms. The molecule has 4 heterocycles. The number of alkyl halides is 1. The van der Waals surface area contributed by atoms with Gasteiger partial charge in [0.25, 0.3) is 0 Å². The molecule has 0 amide bonds. The van der Waals surface area contributed by atoms with E-state index >= 15 is 0 Å². The predicted octanol–water partition coefficient (Wildman–Crippen LogP) is 6.41. The van der Waals surface area contributed by atoms with Crippen molar-refractivity contribution in [3.63, 3.8) is 0 Å². The maximum atomic E-state index is 12.8. The highest BCUT2D eigenvalue weighted by Gasteiger charge is 2.25. The molecule has 1 aromatic carbocycles. The number of anilines is 2. The average Bonchev–Trinajstić information content (AvgIpc) is 3.11. The van der Waals surface area contributed by atoms with Crippen molar-refractivity contribution < 1.29 is 9.13 Å². The van der Waals surface area contributed by atoms with E-state index in [1.807, 2.05) is 18.3 Å². The minimum Gasteiger partial charge on any atom is -0.491 e. The molecule has 0 unspecified atom stereocenters. The normalized spacial score (nSPS) is 14.5. The second-order valence-corrected chi connectivity index (χ2v) is 11.0. The standard InChI is InChI=1S/C28H33FN6OS/c1-16(2)24-18(4)32-25(17(3)6-5-9-29)34-26(24)35-10-11-36-23-8-7-19(12-21(23)15-35)20-13-22-27(31-14-20)37-28(30)33-22/h7-8,12-14,16-17H,5-6,9-11,15H2,1-4H3,(H2,30,33)/t17-/m0/s1. The molecule has 9 heteroatoms. The lowest BCUT2D eigenvalue weighted by Gasteiger charge is -2.27. The lowest BCUT2D eigenvalue weighted by Crippen LogP contribution is -2.29. The van der Waals surface area contributed by atoms with Crippen LogP contribution in [0, 0.1) is 6.92 Å². The Morgan fingerprint density at radius 3 is 2.76 bits per heavy atom. The van der Waals surface area contributed by atoms with E-state index in [1.54, 1.807) is 0 Å². The number of pyridine rings is 1. The SMILES string of the molecule is Cc1nc([C@@H](C)CCCF)nc(N2CCOc3ccc(-c4cnc5sc(N)nc5c4)cc3C2)c1C(C)C. The molecule has 0 saturated carbocycles. The van der Waals surface area contributed by atoms with Gasteiger partial charge in [0.15, 0.2) is 5.13 Å². The third-order valence-corrected chi connectivity index (χ3v) is 7.67. The zero-order valence-electron chi connectivity index (χ0n) is 21.8. The van der Waals surface area contributed by atoms with Crippen LogP contribution < -0.4 is 15.4 Å². The monoisotopic (exact) mass is 520 g/mol. The summed E-state index contributed by atoms with van der Waals surface area (Å²) in [6.07, 6.45) is 3.12. The number of rotatable bonds is 7. The number of hydrogen-bond acceptors (Lipinski definition) is 8. The van der Waals surface area contributed by atoms with E-state index in [1.165, 1.54) is 11.3 Å². The molecule has 5 rings (SSSR count). The van der Waals surface area contributed by atoms with Crippen LogP contribution in [0.4, 0.5) is 15.3 Å². The fourth-order valence-electron chi connectivity index (χ4n) is 4.99. The second-order valence-electron chi connectivity index (χ2n) is 9.98. The van der Waals surface area contributed by atoms with E-state index in [4.69, 9.17) is 20.4 Å². The van der Waals surface area contributed by atoms with Crippen LogP contribution in [-0.4, -0.2) is 39.8 Å². The minimum atomic E-state index is -0.318. The summed E-state index contributed by atoms with van der Waals surface area (Å²) in [6, 6.07) is 8.29. The Hall–Kier alpha value is -3.33. The second kappa shape index (κ2) is 10.6. The van der Waals surface area contributed by atoms with Crippen molar-refractivity contribution in [2.24, 2.45) is 0 Å². The number of nitrogens with zero attached hydrogens (tertiary/aromatic N) is 5. The highest BCUT2D eigenvalue weighted by atomic mass is 32.1. The predicted molar refractivity (Wildman–Crippen MR) is 148 cm³/mol. The van der Waals surface area contributed by atoms with Gasteiger partial charge in [-0.05, 0) is 49.4 Å². The first-order valence-corrected chi connectivity index (χ1v) is 13.6. The summed E-state index contributed by atoms with van der Waals surface area (Å²) < 4.78 is 19.0. The summed E-state index contributed by atoms with van der Waals surface area (Å²) in [6.45, 7) is 10.1. The van der Waals surface area contributed by atoms with Crippen molar-refractivity contribution in [3.05, 3.63) is 53.1 Å². The molecule has 0 fully saturated rings. The maximum Gasteiger partial charge on any atom is 0.182 e. The number of nitrogen functional groups attached to an aromatic ring is 1. The Bertz CT molecular complexity index is 1420. The van der Waals surface area contributed by atoms with Gasteiger partial charge < -0.3 is 15.4 Å². The molecule has 0 bridgehead atoms. The van der Waals surface area contributed by atoms with Gasteiger partial charge in [-0.3, -0.25) is 4.39 Å². The van der Waals surface area contributed by atoms with E-state index in [-0.39, 0.29) is 18.5 Å².